The minimum atomic E-state index is -8.75. The van der Waals surface area contributed by atoms with Crippen molar-refractivity contribution in [3.63, 3.8) is 0 Å². The van der Waals surface area contributed by atoms with Crippen LogP contribution in [-0.2, 0) is 0 Å². The number of nitro benzene ring substituents is 2. The summed E-state index contributed by atoms with van der Waals surface area (Å²) in [5.41, 5.74) is -3.03. The molecule has 3 aromatic carbocycles. The van der Waals surface area contributed by atoms with Crippen LogP contribution in [-0.4, -0.2) is 76.2 Å². The Morgan fingerprint density at radius 1 is 0.519 bits per heavy atom. The molecule has 0 bridgehead atoms. The van der Waals surface area contributed by atoms with E-state index in [-0.39, 0.29) is 29.3 Å². The average molecular weight is 808 g/mol. The number of halogens is 16. The molecule has 296 valence electrons. The van der Waals surface area contributed by atoms with E-state index in [1.165, 1.54) is 30.3 Å². The van der Waals surface area contributed by atoms with Crippen LogP contribution >= 0.6 is 0 Å². The van der Waals surface area contributed by atoms with Crippen LogP contribution in [0.5, 0.6) is 11.5 Å². The maximum atomic E-state index is 14.3. The molecule has 0 unspecified atom stereocenters. The molecule has 3 rings (SSSR count). The van der Waals surface area contributed by atoms with Gasteiger partial charge in [0.15, 0.2) is 24.7 Å². The lowest BCUT2D eigenvalue weighted by Gasteiger charge is -2.43. The van der Waals surface area contributed by atoms with Crippen LogP contribution in [0.25, 0.3) is 0 Å². The maximum absolute atomic E-state index is 14.3. The van der Waals surface area contributed by atoms with Crippen molar-refractivity contribution in [2.24, 2.45) is 0 Å². The summed E-state index contributed by atoms with van der Waals surface area (Å²) >= 11 is 0. The molecule has 0 aliphatic rings. The number of non-ortho nitro benzene ring substituents is 1. The number of nitrogens with zero attached hydrogens (tertiary/aromatic N) is 2. The Balaban J connectivity index is 1.87. The van der Waals surface area contributed by atoms with E-state index >= 15 is 0 Å². The number of hydrogen-bond acceptors (Lipinski definition) is 7. The molecule has 0 aromatic heterocycles. The van der Waals surface area contributed by atoms with Gasteiger partial charge in [0.25, 0.3) is 5.69 Å². The van der Waals surface area contributed by atoms with E-state index in [4.69, 9.17) is 0 Å². The van der Waals surface area contributed by atoms with E-state index in [0.29, 0.717) is 12.1 Å². The molecule has 0 saturated carbocycles. The van der Waals surface area contributed by atoms with E-state index in [9.17, 15) is 95.3 Å². The van der Waals surface area contributed by atoms with Crippen LogP contribution in [0.15, 0.2) is 72.8 Å². The second-order valence-electron chi connectivity index (χ2n) is 10.8. The van der Waals surface area contributed by atoms with Gasteiger partial charge in [-0.15, -0.1) is 0 Å². The summed E-state index contributed by atoms with van der Waals surface area (Å²) in [5, 5.41) is 21.7. The number of ketones is 1. The fourth-order valence-corrected chi connectivity index (χ4v) is 4.11. The van der Waals surface area contributed by atoms with E-state index in [2.05, 4.69) is 9.47 Å². The molecule has 0 heterocycles. The SMILES string of the molecule is O=C(c1ccccc1)c1ccc(OCC(F)(F)C(F)(F)C(F)(F)C(F)(F)C(F)(F)C(F)(F)C(F)(F)C(F)(F)COc2ccc([N+](=O)[O-])cc2[N+](=O)[O-])cc1. The number of carbonyl (C=O) groups is 1. The first kappa shape index (κ1) is 43.0. The van der Waals surface area contributed by atoms with Gasteiger partial charge in [0.2, 0.25) is 0 Å². The molecule has 25 heteroatoms. The molecule has 0 aliphatic heterocycles. The van der Waals surface area contributed by atoms with Crippen LogP contribution in [0.1, 0.15) is 15.9 Å². The minimum absolute atomic E-state index is 0.0277. The number of alkyl halides is 16. The highest BCUT2D eigenvalue weighted by atomic mass is 19.4. The molecular weight excluding hydrogens is 792 g/mol. The summed E-state index contributed by atoms with van der Waals surface area (Å²) in [6, 6.07) is 9.99. The average Bonchev–Trinajstić information content (AvgIpc) is 3.09. The van der Waals surface area contributed by atoms with E-state index < -0.39 is 99.1 Å². The van der Waals surface area contributed by atoms with Gasteiger partial charge in [0.05, 0.1) is 15.9 Å². The molecule has 0 amide bonds. The summed E-state index contributed by atoms with van der Waals surface area (Å²) in [7, 11) is 0. The van der Waals surface area contributed by atoms with Gasteiger partial charge in [-0.3, -0.25) is 25.0 Å². The predicted molar refractivity (Wildman–Crippen MR) is 147 cm³/mol. The third kappa shape index (κ3) is 7.13. The molecular formula is C29H16F16N2O7. The third-order valence-electron chi connectivity index (χ3n) is 7.22. The zero-order valence-corrected chi connectivity index (χ0v) is 25.6. The quantitative estimate of drug-likeness (QED) is 0.0577. The molecule has 0 saturated heterocycles. The van der Waals surface area contributed by atoms with Crippen LogP contribution in [0.3, 0.4) is 0 Å². The lowest BCUT2D eigenvalue weighted by Crippen LogP contribution is -2.75. The standard InChI is InChI=1S/C29H16F16N2O7/c30-22(31,13-53-18-9-6-16(7-10-18)21(48)15-4-2-1-3-5-15)24(34,35)26(38,39)28(42,43)29(44,45)27(40,41)25(36,37)23(32,33)14-54-20-11-8-17(46(49)50)12-19(20)47(51)52/h1-12H,13-14H2. The number of benzene rings is 3. The lowest BCUT2D eigenvalue weighted by atomic mass is 9.88. The Bertz CT molecular complexity index is 1880. The van der Waals surface area contributed by atoms with Crippen molar-refractivity contribution in [3.05, 3.63) is 104 Å². The van der Waals surface area contributed by atoms with Gasteiger partial charge in [0, 0.05) is 17.2 Å². The van der Waals surface area contributed by atoms with Crippen LogP contribution in [0, 0.1) is 20.2 Å². The summed E-state index contributed by atoms with van der Waals surface area (Å²) in [6.07, 6.45) is 0. The lowest BCUT2D eigenvalue weighted by molar-refractivity contribution is -0.454. The first-order chi connectivity index (χ1) is 24.4. The molecule has 0 radical (unpaired) electrons. The monoisotopic (exact) mass is 808 g/mol. The summed E-state index contributed by atoms with van der Waals surface area (Å²) in [4.78, 5) is 31.1. The van der Waals surface area contributed by atoms with Crippen molar-refractivity contribution in [1.29, 1.82) is 0 Å². The predicted octanol–water partition coefficient (Wildman–Crippen LogP) is 9.27. The maximum Gasteiger partial charge on any atom is 0.385 e. The number of carbonyl (C=O) groups excluding carboxylic acids is 1. The largest absolute Gasteiger partial charge is 0.487 e. The van der Waals surface area contributed by atoms with Crippen molar-refractivity contribution in [2.75, 3.05) is 13.2 Å². The van der Waals surface area contributed by atoms with Crippen molar-refractivity contribution in [2.45, 2.75) is 47.4 Å². The molecule has 3 aromatic rings. The highest BCUT2D eigenvalue weighted by Crippen LogP contribution is 2.64. The molecule has 9 nitrogen and oxygen atoms in total. The van der Waals surface area contributed by atoms with Gasteiger partial charge in [-0.1, -0.05) is 30.3 Å². The fourth-order valence-electron chi connectivity index (χ4n) is 4.11. The van der Waals surface area contributed by atoms with Crippen LogP contribution in [0.4, 0.5) is 81.6 Å². The number of rotatable bonds is 17. The first-order valence-electron chi connectivity index (χ1n) is 13.8. The zero-order valence-electron chi connectivity index (χ0n) is 25.6. The van der Waals surface area contributed by atoms with Gasteiger partial charge >= 0.3 is 53.1 Å². The highest BCUT2D eigenvalue weighted by molar-refractivity contribution is 6.08. The van der Waals surface area contributed by atoms with Crippen LogP contribution < -0.4 is 9.47 Å². The topological polar surface area (TPSA) is 122 Å². The van der Waals surface area contributed by atoms with E-state index in [1.54, 1.807) is 0 Å². The van der Waals surface area contributed by atoms with Crippen molar-refractivity contribution in [3.8, 4) is 11.5 Å². The van der Waals surface area contributed by atoms with Crippen LogP contribution in [0.2, 0.25) is 0 Å². The summed E-state index contributed by atoms with van der Waals surface area (Å²) < 4.78 is 237. The summed E-state index contributed by atoms with van der Waals surface area (Å²) in [5.74, 6) is -67.6. The Labute approximate surface area is 288 Å². The van der Waals surface area contributed by atoms with E-state index in [0.717, 1.165) is 12.1 Å². The third-order valence-corrected chi connectivity index (χ3v) is 7.22. The molecule has 0 N–H and O–H groups in total. The van der Waals surface area contributed by atoms with E-state index in [1.807, 2.05) is 0 Å². The summed E-state index contributed by atoms with van der Waals surface area (Å²) in [6.45, 7) is -6.56. The minimum Gasteiger partial charge on any atom is -0.487 e. The Kier molecular flexibility index (Phi) is 11.2. The first-order valence-corrected chi connectivity index (χ1v) is 13.8. The van der Waals surface area contributed by atoms with Crippen molar-refractivity contribution in [1.82, 2.24) is 0 Å². The Morgan fingerprint density at radius 2 is 0.926 bits per heavy atom. The van der Waals surface area contributed by atoms with Gasteiger partial charge in [-0.05, 0) is 30.3 Å². The van der Waals surface area contributed by atoms with Gasteiger partial charge in [0.1, 0.15) is 5.75 Å². The fraction of sp³-hybridized carbons (Fsp3) is 0.345. The second kappa shape index (κ2) is 14.1. The molecule has 0 atom stereocenters. The number of nitro groups is 2. The van der Waals surface area contributed by atoms with Crippen molar-refractivity contribution < 1.29 is 94.4 Å². The second-order valence-corrected chi connectivity index (χ2v) is 10.8. The molecule has 54 heavy (non-hydrogen) atoms. The molecule has 0 fully saturated rings. The molecule has 0 aliphatic carbocycles. The Morgan fingerprint density at radius 3 is 1.35 bits per heavy atom. The van der Waals surface area contributed by atoms with Gasteiger partial charge in [-0.2, -0.15) is 70.2 Å². The zero-order chi connectivity index (χ0) is 41.5. The molecule has 0 spiro atoms. The Hall–Kier alpha value is -5.39. The van der Waals surface area contributed by atoms with Gasteiger partial charge < -0.3 is 9.47 Å². The normalized spacial score (nSPS) is 13.7. The van der Waals surface area contributed by atoms with Gasteiger partial charge in [-0.25, -0.2) is 0 Å². The van der Waals surface area contributed by atoms with Crippen molar-refractivity contribution >= 4 is 17.2 Å². The number of ether oxygens (including phenoxy) is 2. The smallest absolute Gasteiger partial charge is 0.385 e. The highest BCUT2D eigenvalue weighted by Gasteiger charge is 2.94. The number of hydrogen-bond donors (Lipinski definition) is 0.